The average Bonchev–Trinajstić information content (AvgIpc) is 2.56. The minimum absolute atomic E-state index is 0.00896. The van der Waals surface area contributed by atoms with Crippen LogP contribution in [0.5, 0.6) is 0 Å². The number of fused-ring (bicyclic) bond motifs is 1. The van der Waals surface area contributed by atoms with Gasteiger partial charge in [0.25, 0.3) is 0 Å². The minimum Gasteiger partial charge on any atom is -0.497 e. The van der Waals surface area contributed by atoms with E-state index in [1.54, 1.807) is 18.2 Å². The molecule has 0 atom stereocenters. The quantitative estimate of drug-likeness (QED) is 0.455. The molecule has 0 spiro atoms. The smallest absolute Gasteiger partial charge is 0.161 e. The molecular formula is C19H13F3O. The van der Waals surface area contributed by atoms with Crippen molar-refractivity contribution < 1.29 is 17.9 Å². The number of hydrogen-bond acceptors (Lipinski definition) is 1. The Labute approximate surface area is 131 Å². The van der Waals surface area contributed by atoms with E-state index in [9.17, 15) is 13.2 Å². The molecule has 0 fully saturated rings. The lowest BCUT2D eigenvalue weighted by Gasteiger charge is -2.11. The largest absolute Gasteiger partial charge is 0.497 e. The number of methoxy groups -OCH3 is 1. The van der Waals surface area contributed by atoms with E-state index in [-0.39, 0.29) is 5.56 Å². The molecule has 4 heteroatoms. The molecule has 0 bridgehead atoms. The van der Waals surface area contributed by atoms with Crippen molar-refractivity contribution in [2.24, 2.45) is 0 Å². The normalized spacial score (nSPS) is 10.8. The van der Waals surface area contributed by atoms with E-state index >= 15 is 0 Å². The first-order valence-corrected chi connectivity index (χ1v) is 6.92. The Morgan fingerprint density at radius 3 is 2.35 bits per heavy atom. The van der Waals surface area contributed by atoms with Crippen molar-refractivity contribution in [2.75, 3.05) is 7.11 Å². The van der Waals surface area contributed by atoms with Crippen LogP contribution in [0.2, 0.25) is 0 Å². The molecule has 0 aliphatic rings. The first-order valence-electron chi connectivity index (χ1n) is 6.92. The average molecular weight is 314 g/mol. The van der Waals surface area contributed by atoms with Crippen molar-refractivity contribution >= 4 is 16.5 Å². The van der Waals surface area contributed by atoms with Crippen molar-refractivity contribution in [3.63, 3.8) is 0 Å². The molecule has 0 aromatic heterocycles. The topological polar surface area (TPSA) is 9.23 Å². The zero-order valence-electron chi connectivity index (χ0n) is 12.4. The first-order chi connectivity index (χ1) is 11.0. The molecule has 1 nitrogen and oxygen atoms in total. The van der Waals surface area contributed by atoms with Gasteiger partial charge in [-0.3, -0.25) is 0 Å². The fraction of sp³-hybridized carbons (Fsp3) is 0.0526. The van der Waals surface area contributed by atoms with Crippen LogP contribution in [0, 0.1) is 17.5 Å². The van der Waals surface area contributed by atoms with E-state index in [1.807, 2.05) is 18.2 Å². The fourth-order valence-corrected chi connectivity index (χ4v) is 2.53. The Kier molecular flexibility index (Phi) is 3.82. The van der Waals surface area contributed by atoms with Crippen molar-refractivity contribution in [2.45, 2.75) is 0 Å². The van der Waals surface area contributed by atoms with E-state index in [0.29, 0.717) is 22.8 Å². The molecule has 23 heavy (non-hydrogen) atoms. The molecule has 3 aromatic carbocycles. The highest BCUT2D eigenvalue weighted by Crippen LogP contribution is 2.33. The van der Waals surface area contributed by atoms with Crippen LogP contribution in [0.1, 0.15) is 5.56 Å². The summed E-state index contributed by atoms with van der Waals surface area (Å²) in [5.41, 5.74) is 1.22. The van der Waals surface area contributed by atoms with E-state index in [1.165, 1.54) is 7.11 Å². The summed E-state index contributed by atoms with van der Waals surface area (Å²) < 4.78 is 45.9. The predicted molar refractivity (Wildman–Crippen MR) is 85.3 cm³/mol. The summed E-state index contributed by atoms with van der Waals surface area (Å²) in [6.45, 7) is 3.79. The molecule has 0 N–H and O–H groups in total. The van der Waals surface area contributed by atoms with Crippen LogP contribution in [-0.2, 0) is 4.74 Å². The van der Waals surface area contributed by atoms with Crippen molar-refractivity contribution in [1.82, 2.24) is 0 Å². The van der Waals surface area contributed by atoms with Crippen LogP contribution < -0.4 is 0 Å². The number of halogens is 3. The fourth-order valence-electron chi connectivity index (χ4n) is 2.53. The lowest BCUT2D eigenvalue weighted by atomic mass is 9.96. The highest BCUT2D eigenvalue weighted by Gasteiger charge is 2.14. The van der Waals surface area contributed by atoms with Crippen molar-refractivity contribution in [1.29, 1.82) is 0 Å². The second-order valence-corrected chi connectivity index (χ2v) is 5.11. The Balaban J connectivity index is 2.29. The van der Waals surface area contributed by atoms with E-state index in [0.717, 1.165) is 17.0 Å². The van der Waals surface area contributed by atoms with Crippen molar-refractivity contribution in [3.05, 3.63) is 78.1 Å². The third-order valence-electron chi connectivity index (χ3n) is 3.75. The third-order valence-corrected chi connectivity index (χ3v) is 3.75. The maximum absolute atomic E-state index is 14.1. The summed E-state index contributed by atoms with van der Waals surface area (Å²) in [5, 5.41) is 1.55. The molecule has 0 heterocycles. The van der Waals surface area contributed by atoms with Gasteiger partial charge in [-0.05, 0) is 28.5 Å². The molecule has 0 amide bonds. The summed E-state index contributed by atoms with van der Waals surface area (Å²) in [5.74, 6) is -2.64. The highest BCUT2D eigenvalue weighted by molar-refractivity contribution is 5.98. The number of hydrogen-bond donors (Lipinski definition) is 0. The summed E-state index contributed by atoms with van der Waals surface area (Å²) in [6, 6.07) is 12.2. The molecule has 0 saturated heterocycles. The molecule has 3 rings (SSSR count). The molecule has 0 saturated carbocycles. The van der Waals surface area contributed by atoms with Gasteiger partial charge in [-0.1, -0.05) is 36.9 Å². The van der Waals surface area contributed by atoms with Gasteiger partial charge in [0.05, 0.1) is 7.11 Å². The molecule has 0 aliphatic carbocycles. The molecule has 0 unspecified atom stereocenters. The summed E-state index contributed by atoms with van der Waals surface area (Å²) >= 11 is 0. The van der Waals surface area contributed by atoms with Gasteiger partial charge in [-0.15, -0.1) is 0 Å². The van der Waals surface area contributed by atoms with Crippen LogP contribution >= 0.6 is 0 Å². The Hall–Kier alpha value is -2.75. The van der Waals surface area contributed by atoms with Crippen LogP contribution in [0.4, 0.5) is 13.2 Å². The maximum Gasteiger partial charge on any atom is 0.161 e. The lowest BCUT2D eigenvalue weighted by Crippen LogP contribution is -1.93. The molecule has 3 aromatic rings. The summed E-state index contributed by atoms with van der Waals surface area (Å²) in [7, 11) is 1.51. The van der Waals surface area contributed by atoms with Gasteiger partial charge in [-0.2, -0.15) is 0 Å². The van der Waals surface area contributed by atoms with Crippen LogP contribution in [0.15, 0.2) is 55.1 Å². The van der Waals surface area contributed by atoms with Gasteiger partial charge < -0.3 is 4.74 Å². The predicted octanol–water partition coefficient (Wildman–Crippen LogP) is 5.54. The Morgan fingerprint density at radius 2 is 1.61 bits per heavy atom. The molecule has 0 radical (unpaired) electrons. The summed E-state index contributed by atoms with van der Waals surface area (Å²) in [6.07, 6.45) is 0. The van der Waals surface area contributed by atoms with E-state index in [2.05, 4.69) is 6.58 Å². The highest BCUT2D eigenvalue weighted by atomic mass is 19.2. The second-order valence-electron chi connectivity index (χ2n) is 5.11. The third kappa shape index (κ3) is 2.68. The molecule has 116 valence electrons. The van der Waals surface area contributed by atoms with E-state index < -0.39 is 17.5 Å². The van der Waals surface area contributed by atoms with E-state index in [4.69, 9.17) is 4.74 Å². The van der Waals surface area contributed by atoms with Crippen LogP contribution in [0.3, 0.4) is 0 Å². The molecular weight excluding hydrogens is 301 g/mol. The second kappa shape index (κ2) is 5.80. The van der Waals surface area contributed by atoms with Crippen LogP contribution in [-0.4, -0.2) is 7.11 Å². The van der Waals surface area contributed by atoms with Gasteiger partial charge in [0.2, 0.25) is 0 Å². The van der Waals surface area contributed by atoms with Crippen molar-refractivity contribution in [3.8, 4) is 11.1 Å². The maximum atomic E-state index is 14.1. The lowest BCUT2D eigenvalue weighted by molar-refractivity contribution is 0.371. The van der Waals surface area contributed by atoms with Gasteiger partial charge in [-0.25, -0.2) is 13.2 Å². The summed E-state index contributed by atoms with van der Waals surface area (Å²) in [4.78, 5) is 0. The van der Waals surface area contributed by atoms with Crippen LogP contribution in [0.25, 0.3) is 27.7 Å². The zero-order valence-corrected chi connectivity index (χ0v) is 12.4. The Bertz CT molecular complexity index is 916. The monoisotopic (exact) mass is 314 g/mol. The van der Waals surface area contributed by atoms with Gasteiger partial charge in [0.1, 0.15) is 11.6 Å². The SMILES string of the molecule is C=C(OC)c1ccc2cccc(-c3cc(F)c(F)cc3F)c2c1. The first kappa shape index (κ1) is 15.2. The standard InChI is InChI=1S/C19H13F3O/c1-11(23-2)13-7-6-12-4-3-5-14(15(12)8-13)16-9-18(21)19(22)10-17(16)20/h3-10H,1H2,2H3. The van der Waals surface area contributed by atoms with Gasteiger partial charge in [0, 0.05) is 17.2 Å². The Morgan fingerprint density at radius 1 is 0.870 bits per heavy atom. The number of rotatable bonds is 3. The molecule has 0 aliphatic heterocycles. The zero-order chi connectivity index (χ0) is 16.6. The minimum atomic E-state index is -1.21. The van der Waals surface area contributed by atoms with Gasteiger partial charge in [0.15, 0.2) is 11.6 Å². The number of benzene rings is 3. The van der Waals surface area contributed by atoms with Gasteiger partial charge >= 0.3 is 0 Å². The number of ether oxygens (including phenoxy) is 1.